The predicted molar refractivity (Wildman–Crippen MR) is 67.5 cm³/mol. The van der Waals surface area contributed by atoms with Crippen molar-refractivity contribution in [3.05, 3.63) is 5.69 Å². The first-order chi connectivity index (χ1) is 8.98. The van der Waals surface area contributed by atoms with Crippen molar-refractivity contribution in [3.63, 3.8) is 0 Å². The molecule has 0 aromatic carbocycles. The highest BCUT2D eigenvalue weighted by molar-refractivity contribution is 5.96. The highest BCUT2D eigenvalue weighted by atomic mass is 16.6. The molecule has 0 spiro atoms. The van der Waals surface area contributed by atoms with Crippen LogP contribution < -0.4 is 11.1 Å². The third kappa shape index (κ3) is 3.65. The summed E-state index contributed by atoms with van der Waals surface area (Å²) in [4.78, 5) is 14.2. The van der Waals surface area contributed by atoms with E-state index in [1.165, 1.54) is 0 Å². The summed E-state index contributed by atoms with van der Waals surface area (Å²) in [5.74, 6) is -0.378. The Morgan fingerprint density at radius 2 is 2.11 bits per heavy atom. The SMILES string of the molecule is CC(C)(CN1CCOCC1)NC(=O)c1nonc1N. The number of anilines is 1. The number of rotatable bonds is 4. The molecule has 1 amide bonds. The van der Waals surface area contributed by atoms with E-state index in [9.17, 15) is 4.79 Å². The summed E-state index contributed by atoms with van der Waals surface area (Å²) in [5.41, 5.74) is 5.11. The smallest absolute Gasteiger partial charge is 0.277 e. The molecule has 0 radical (unpaired) electrons. The molecule has 1 aliphatic rings. The van der Waals surface area contributed by atoms with Gasteiger partial charge in [0.2, 0.25) is 11.5 Å². The standard InChI is InChI=1S/C11H19N5O3/c1-11(2,7-16-3-5-18-6-4-16)13-10(17)8-9(12)15-19-14-8/h3-7H2,1-2H3,(H2,12,15)(H,13,17). The highest BCUT2D eigenvalue weighted by Crippen LogP contribution is 2.11. The van der Waals surface area contributed by atoms with Crippen LogP contribution in [-0.2, 0) is 4.74 Å². The third-order valence-corrected chi connectivity index (χ3v) is 2.90. The zero-order valence-corrected chi connectivity index (χ0v) is 11.2. The van der Waals surface area contributed by atoms with Gasteiger partial charge in [-0.3, -0.25) is 9.69 Å². The minimum Gasteiger partial charge on any atom is -0.379 e. The van der Waals surface area contributed by atoms with Crippen molar-refractivity contribution in [1.29, 1.82) is 0 Å². The largest absolute Gasteiger partial charge is 0.379 e. The lowest BCUT2D eigenvalue weighted by Crippen LogP contribution is -2.53. The monoisotopic (exact) mass is 269 g/mol. The van der Waals surface area contributed by atoms with Gasteiger partial charge in [0.25, 0.3) is 5.91 Å². The minimum absolute atomic E-state index is 0.000303. The summed E-state index contributed by atoms with van der Waals surface area (Å²) >= 11 is 0. The van der Waals surface area contributed by atoms with Crippen LogP contribution in [0.25, 0.3) is 0 Å². The van der Waals surface area contributed by atoms with Gasteiger partial charge in [0.1, 0.15) is 0 Å². The third-order valence-electron chi connectivity index (χ3n) is 2.90. The van der Waals surface area contributed by atoms with E-state index >= 15 is 0 Å². The molecule has 8 heteroatoms. The average molecular weight is 269 g/mol. The lowest BCUT2D eigenvalue weighted by atomic mass is 10.0. The highest BCUT2D eigenvalue weighted by Gasteiger charge is 2.27. The van der Waals surface area contributed by atoms with Gasteiger partial charge in [-0.1, -0.05) is 0 Å². The normalized spacial score (nSPS) is 17.4. The molecule has 8 nitrogen and oxygen atoms in total. The number of hydrogen-bond donors (Lipinski definition) is 2. The Kier molecular flexibility index (Phi) is 4.01. The number of morpholine rings is 1. The molecular weight excluding hydrogens is 250 g/mol. The van der Waals surface area contributed by atoms with Crippen LogP contribution >= 0.6 is 0 Å². The van der Waals surface area contributed by atoms with Gasteiger partial charge in [-0.2, -0.15) is 0 Å². The van der Waals surface area contributed by atoms with Crippen molar-refractivity contribution in [2.75, 3.05) is 38.6 Å². The number of ether oxygens (including phenoxy) is 1. The number of nitrogens with two attached hydrogens (primary N) is 1. The van der Waals surface area contributed by atoms with Crippen molar-refractivity contribution >= 4 is 11.7 Å². The molecule has 1 aromatic heterocycles. The van der Waals surface area contributed by atoms with Crippen LogP contribution in [0.1, 0.15) is 24.3 Å². The Morgan fingerprint density at radius 3 is 2.68 bits per heavy atom. The average Bonchev–Trinajstić information content (AvgIpc) is 2.75. The Hall–Kier alpha value is -1.67. The molecule has 2 rings (SSSR count). The van der Waals surface area contributed by atoms with E-state index in [1.54, 1.807) is 0 Å². The van der Waals surface area contributed by atoms with Gasteiger partial charge in [0.05, 0.1) is 13.2 Å². The summed E-state index contributed by atoms with van der Waals surface area (Å²) < 4.78 is 9.71. The van der Waals surface area contributed by atoms with Crippen LogP contribution in [0.15, 0.2) is 4.63 Å². The topological polar surface area (TPSA) is 107 Å². The maximum atomic E-state index is 12.0. The van der Waals surface area contributed by atoms with Gasteiger partial charge in [0.15, 0.2) is 0 Å². The van der Waals surface area contributed by atoms with Gasteiger partial charge in [-0.05, 0) is 24.2 Å². The Bertz CT molecular complexity index is 439. The van der Waals surface area contributed by atoms with E-state index in [-0.39, 0.29) is 17.4 Å². The number of nitrogens with one attached hydrogen (secondary N) is 1. The lowest BCUT2D eigenvalue weighted by molar-refractivity contribution is 0.0268. The molecule has 1 aliphatic heterocycles. The van der Waals surface area contributed by atoms with Crippen LogP contribution in [0.2, 0.25) is 0 Å². The molecular formula is C11H19N5O3. The van der Waals surface area contributed by atoms with Crippen molar-refractivity contribution < 1.29 is 14.2 Å². The van der Waals surface area contributed by atoms with Crippen LogP contribution in [0, 0.1) is 0 Å². The Morgan fingerprint density at radius 1 is 1.42 bits per heavy atom. The molecule has 0 aliphatic carbocycles. The van der Waals surface area contributed by atoms with E-state index in [0.717, 1.165) is 32.8 Å². The maximum absolute atomic E-state index is 12.0. The first-order valence-corrected chi connectivity index (χ1v) is 6.18. The van der Waals surface area contributed by atoms with Crippen molar-refractivity contribution in [2.45, 2.75) is 19.4 Å². The second-order valence-electron chi connectivity index (χ2n) is 5.22. The van der Waals surface area contributed by atoms with E-state index in [1.807, 2.05) is 13.8 Å². The van der Waals surface area contributed by atoms with Gasteiger partial charge in [-0.15, -0.1) is 0 Å². The first kappa shape index (κ1) is 13.8. The van der Waals surface area contributed by atoms with Crippen molar-refractivity contribution in [2.24, 2.45) is 0 Å². The second kappa shape index (κ2) is 5.54. The lowest BCUT2D eigenvalue weighted by Gasteiger charge is -2.35. The fourth-order valence-corrected chi connectivity index (χ4v) is 2.08. The van der Waals surface area contributed by atoms with Gasteiger partial charge < -0.3 is 15.8 Å². The molecule has 3 N–H and O–H groups in total. The van der Waals surface area contributed by atoms with Crippen LogP contribution in [-0.4, -0.2) is 59.5 Å². The van der Waals surface area contributed by atoms with E-state index in [4.69, 9.17) is 10.5 Å². The van der Waals surface area contributed by atoms with Crippen LogP contribution in [0.5, 0.6) is 0 Å². The number of carbonyl (C=O) groups is 1. The molecule has 0 saturated carbocycles. The second-order valence-corrected chi connectivity index (χ2v) is 5.22. The number of nitrogen functional groups attached to an aromatic ring is 1. The quantitative estimate of drug-likeness (QED) is 0.758. The fourth-order valence-electron chi connectivity index (χ4n) is 2.08. The minimum atomic E-state index is -0.403. The summed E-state index contributed by atoms with van der Waals surface area (Å²) in [7, 11) is 0. The molecule has 2 heterocycles. The van der Waals surface area contributed by atoms with Crippen molar-refractivity contribution in [3.8, 4) is 0 Å². The van der Waals surface area contributed by atoms with Crippen LogP contribution in [0.4, 0.5) is 5.82 Å². The van der Waals surface area contributed by atoms with Gasteiger partial charge in [0, 0.05) is 25.2 Å². The summed E-state index contributed by atoms with van der Waals surface area (Å²) in [6.07, 6.45) is 0. The molecule has 0 unspecified atom stereocenters. The van der Waals surface area contributed by atoms with Gasteiger partial charge >= 0.3 is 0 Å². The number of amides is 1. The number of hydrogen-bond acceptors (Lipinski definition) is 7. The Labute approximate surface area is 111 Å². The first-order valence-electron chi connectivity index (χ1n) is 6.18. The van der Waals surface area contributed by atoms with Crippen molar-refractivity contribution in [1.82, 2.24) is 20.5 Å². The molecule has 1 saturated heterocycles. The Balaban J connectivity index is 1.92. The zero-order valence-electron chi connectivity index (χ0n) is 11.2. The molecule has 106 valence electrons. The maximum Gasteiger partial charge on any atom is 0.277 e. The van der Waals surface area contributed by atoms with E-state index < -0.39 is 5.54 Å². The zero-order chi connectivity index (χ0) is 13.9. The summed E-state index contributed by atoms with van der Waals surface area (Å²) in [6.45, 7) is 7.82. The van der Waals surface area contributed by atoms with Gasteiger partial charge in [-0.25, -0.2) is 4.63 Å². The molecule has 1 aromatic rings. The number of nitrogens with zero attached hydrogens (tertiary/aromatic N) is 3. The number of carbonyl (C=O) groups excluding carboxylic acids is 1. The summed E-state index contributed by atoms with van der Waals surface area (Å²) in [5, 5.41) is 9.76. The molecule has 19 heavy (non-hydrogen) atoms. The fraction of sp³-hybridized carbons (Fsp3) is 0.727. The summed E-state index contributed by atoms with van der Waals surface area (Å²) in [6, 6.07) is 0. The molecule has 0 atom stereocenters. The van der Waals surface area contributed by atoms with Crippen LogP contribution in [0.3, 0.4) is 0 Å². The number of aromatic nitrogens is 2. The molecule has 1 fully saturated rings. The van der Waals surface area contributed by atoms with E-state index in [2.05, 4.69) is 25.2 Å². The van der Waals surface area contributed by atoms with E-state index in [0.29, 0.717) is 0 Å². The molecule has 0 bridgehead atoms. The predicted octanol–water partition coefficient (Wildman–Crippen LogP) is -0.508.